The van der Waals surface area contributed by atoms with Crippen LogP contribution in [0.4, 0.5) is 0 Å². The van der Waals surface area contributed by atoms with Gasteiger partial charge >= 0.3 is 0 Å². The zero-order valence-corrected chi connectivity index (χ0v) is 12.8. The quantitative estimate of drug-likeness (QED) is 0.773. The maximum Gasteiger partial charge on any atom is 0.119 e. The maximum absolute atomic E-state index is 5.68. The van der Waals surface area contributed by atoms with Gasteiger partial charge in [-0.3, -0.25) is 0 Å². The molecule has 0 radical (unpaired) electrons. The van der Waals surface area contributed by atoms with Crippen LogP contribution in [0.5, 0.6) is 5.75 Å². The molecule has 20 heavy (non-hydrogen) atoms. The third kappa shape index (κ3) is 4.80. The average Bonchev–Trinajstić information content (AvgIpc) is 2.48. The third-order valence-corrected chi connectivity index (χ3v) is 3.85. The van der Waals surface area contributed by atoms with Gasteiger partial charge in [0.05, 0.1) is 13.2 Å². The minimum Gasteiger partial charge on any atom is -0.494 e. The summed E-state index contributed by atoms with van der Waals surface area (Å²) in [5.41, 5.74) is 1.41. The minimum absolute atomic E-state index is 0.120. The molecule has 0 aliphatic carbocycles. The van der Waals surface area contributed by atoms with Gasteiger partial charge in [-0.1, -0.05) is 25.5 Å². The predicted molar refractivity (Wildman–Crippen MR) is 82.1 cm³/mol. The summed E-state index contributed by atoms with van der Waals surface area (Å²) in [5.74, 6) is 0.967. The van der Waals surface area contributed by atoms with Gasteiger partial charge in [0.25, 0.3) is 0 Å². The standard InChI is InChI=1S/C17H27NO2/c1-3-4-12-20-16-8-6-15(7-9-16)13-18-17(2)10-5-11-19-14-17/h6-9,18H,3-5,10-14H2,1-2H3. The summed E-state index contributed by atoms with van der Waals surface area (Å²) in [6.45, 7) is 7.83. The Bertz CT molecular complexity index is 382. The average molecular weight is 277 g/mol. The molecule has 0 aromatic heterocycles. The lowest BCUT2D eigenvalue weighted by atomic mass is 9.94. The molecule has 1 N–H and O–H groups in total. The van der Waals surface area contributed by atoms with Crippen LogP contribution in [-0.4, -0.2) is 25.4 Å². The Balaban J connectivity index is 1.78. The second-order valence-electron chi connectivity index (χ2n) is 5.92. The van der Waals surface area contributed by atoms with Gasteiger partial charge in [-0.2, -0.15) is 0 Å². The summed E-state index contributed by atoms with van der Waals surface area (Å²) in [6.07, 6.45) is 4.61. The van der Waals surface area contributed by atoms with Crippen LogP contribution >= 0.6 is 0 Å². The van der Waals surface area contributed by atoms with Gasteiger partial charge in [-0.25, -0.2) is 0 Å². The molecule has 1 atom stereocenters. The molecular formula is C17H27NO2. The van der Waals surface area contributed by atoms with Crippen LogP contribution in [0.15, 0.2) is 24.3 Å². The van der Waals surface area contributed by atoms with Gasteiger partial charge in [-0.15, -0.1) is 0 Å². The molecule has 1 aromatic rings. The number of hydrogen-bond acceptors (Lipinski definition) is 3. The molecule has 0 bridgehead atoms. The zero-order chi connectivity index (χ0) is 14.3. The molecule has 112 valence electrons. The molecule has 2 rings (SSSR count). The largest absolute Gasteiger partial charge is 0.494 e. The molecule has 0 amide bonds. The summed E-state index contributed by atoms with van der Waals surface area (Å²) in [7, 11) is 0. The van der Waals surface area contributed by atoms with E-state index in [9.17, 15) is 0 Å². The summed E-state index contributed by atoms with van der Waals surface area (Å²) < 4.78 is 11.2. The van der Waals surface area contributed by atoms with Gasteiger partial charge in [0, 0.05) is 18.7 Å². The van der Waals surface area contributed by atoms with Gasteiger partial charge in [-0.05, 0) is 43.9 Å². The Morgan fingerprint density at radius 3 is 2.75 bits per heavy atom. The maximum atomic E-state index is 5.68. The van der Waals surface area contributed by atoms with Gasteiger partial charge in [0.15, 0.2) is 0 Å². The fourth-order valence-corrected chi connectivity index (χ4v) is 2.43. The summed E-state index contributed by atoms with van der Waals surface area (Å²) in [5, 5.41) is 3.62. The second-order valence-corrected chi connectivity index (χ2v) is 5.92. The normalized spacial score (nSPS) is 22.7. The topological polar surface area (TPSA) is 30.5 Å². The van der Waals surface area contributed by atoms with E-state index in [0.29, 0.717) is 0 Å². The predicted octanol–water partition coefficient (Wildman–Crippen LogP) is 3.52. The highest BCUT2D eigenvalue weighted by Crippen LogP contribution is 2.19. The number of unbranched alkanes of at least 4 members (excludes halogenated alkanes) is 1. The zero-order valence-electron chi connectivity index (χ0n) is 12.8. The lowest BCUT2D eigenvalue weighted by molar-refractivity contribution is 0.0278. The highest BCUT2D eigenvalue weighted by Gasteiger charge is 2.26. The van der Waals surface area contributed by atoms with Gasteiger partial charge in [0.1, 0.15) is 5.75 Å². The summed E-state index contributed by atoms with van der Waals surface area (Å²) in [4.78, 5) is 0. The molecule has 3 nitrogen and oxygen atoms in total. The van der Waals surface area contributed by atoms with Crippen LogP contribution in [-0.2, 0) is 11.3 Å². The molecule has 0 spiro atoms. The number of rotatable bonds is 7. The van der Waals surface area contributed by atoms with Gasteiger partial charge in [0.2, 0.25) is 0 Å². The van der Waals surface area contributed by atoms with Crippen molar-refractivity contribution in [1.82, 2.24) is 5.32 Å². The lowest BCUT2D eigenvalue weighted by Crippen LogP contribution is -2.48. The van der Waals surface area contributed by atoms with Crippen molar-refractivity contribution in [3.8, 4) is 5.75 Å². The Morgan fingerprint density at radius 2 is 2.10 bits per heavy atom. The Labute approximate surface area is 122 Å². The van der Waals surface area contributed by atoms with Crippen LogP contribution in [0.25, 0.3) is 0 Å². The molecule has 1 fully saturated rings. The molecular weight excluding hydrogens is 250 g/mol. The lowest BCUT2D eigenvalue weighted by Gasteiger charge is -2.34. The number of nitrogens with one attached hydrogen (secondary N) is 1. The van der Waals surface area contributed by atoms with Crippen molar-refractivity contribution in [2.75, 3.05) is 19.8 Å². The van der Waals surface area contributed by atoms with Crippen molar-refractivity contribution in [3.05, 3.63) is 29.8 Å². The van der Waals surface area contributed by atoms with Crippen LogP contribution < -0.4 is 10.1 Å². The fourth-order valence-electron chi connectivity index (χ4n) is 2.43. The Kier molecular flexibility index (Phi) is 5.86. The van der Waals surface area contributed by atoms with E-state index in [0.717, 1.165) is 45.0 Å². The summed E-state index contributed by atoms with van der Waals surface area (Å²) >= 11 is 0. The van der Waals surface area contributed by atoms with Gasteiger partial charge < -0.3 is 14.8 Å². The molecule has 1 unspecified atom stereocenters. The van der Waals surface area contributed by atoms with Crippen molar-refractivity contribution < 1.29 is 9.47 Å². The van der Waals surface area contributed by atoms with E-state index in [4.69, 9.17) is 9.47 Å². The van der Waals surface area contributed by atoms with Crippen LogP contribution in [0.1, 0.15) is 45.1 Å². The first kappa shape index (κ1) is 15.3. The number of ether oxygens (including phenoxy) is 2. The van der Waals surface area contributed by atoms with E-state index in [2.05, 4.69) is 43.4 Å². The Morgan fingerprint density at radius 1 is 1.30 bits per heavy atom. The van der Waals surface area contributed by atoms with Crippen molar-refractivity contribution >= 4 is 0 Å². The van der Waals surface area contributed by atoms with E-state index in [1.54, 1.807) is 0 Å². The summed E-state index contributed by atoms with van der Waals surface area (Å²) in [6, 6.07) is 8.40. The first-order chi connectivity index (χ1) is 9.72. The van der Waals surface area contributed by atoms with E-state index in [-0.39, 0.29) is 5.54 Å². The molecule has 0 saturated carbocycles. The van der Waals surface area contributed by atoms with Crippen molar-refractivity contribution in [1.29, 1.82) is 0 Å². The van der Waals surface area contributed by atoms with Crippen LogP contribution in [0.2, 0.25) is 0 Å². The molecule has 1 heterocycles. The number of hydrogen-bond donors (Lipinski definition) is 1. The smallest absolute Gasteiger partial charge is 0.119 e. The first-order valence-electron chi connectivity index (χ1n) is 7.76. The molecule has 3 heteroatoms. The van der Waals surface area contributed by atoms with Crippen molar-refractivity contribution in [3.63, 3.8) is 0 Å². The molecule has 1 aliphatic rings. The third-order valence-electron chi connectivity index (χ3n) is 3.85. The van der Waals surface area contributed by atoms with E-state index >= 15 is 0 Å². The molecule has 1 aliphatic heterocycles. The van der Waals surface area contributed by atoms with Crippen molar-refractivity contribution in [2.45, 2.75) is 51.6 Å². The van der Waals surface area contributed by atoms with E-state index in [1.807, 2.05) is 0 Å². The highest BCUT2D eigenvalue weighted by molar-refractivity contribution is 5.27. The van der Waals surface area contributed by atoms with E-state index < -0.39 is 0 Å². The van der Waals surface area contributed by atoms with E-state index in [1.165, 1.54) is 18.4 Å². The Hall–Kier alpha value is -1.06. The van der Waals surface area contributed by atoms with Crippen LogP contribution in [0.3, 0.4) is 0 Å². The van der Waals surface area contributed by atoms with Crippen molar-refractivity contribution in [2.24, 2.45) is 0 Å². The SMILES string of the molecule is CCCCOc1ccc(CNC2(C)CCCOC2)cc1. The molecule has 1 saturated heterocycles. The minimum atomic E-state index is 0.120. The second kappa shape index (κ2) is 7.65. The first-order valence-corrected chi connectivity index (χ1v) is 7.76. The van der Waals surface area contributed by atoms with Crippen LogP contribution in [0, 0.1) is 0 Å². The number of benzene rings is 1. The molecule has 1 aromatic carbocycles. The highest BCUT2D eigenvalue weighted by atomic mass is 16.5. The monoisotopic (exact) mass is 277 g/mol. The fraction of sp³-hybridized carbons (Fsp3) is 0.647.